The van der Waals surface area contributed by atoms with E-state index in [9.17, 15) is 15.0 Å². The van der Waals surface area contributed by atoms with E-state index in [-0.39, 0.29) is 17.7 Å². The molecule has 4 nitrogen and oxygen atoms in total. The van der Waals surface area contributed by atoms with Gasteiger partial charge in [0.05, 0.1) is 0 Å². The summed E-state index contributed by atoms with van der Waals surface area (Å²) >= 11 is 0. The van der Waals surface area contributed by atoms with Crippen LogP contribution in [0, 0.1) is 12.8 Å². The number of hydrogen-bond acceptors (Lipinski definition) is 3. The Morgan fingerprint density at radius 1 is 1.35 bits per heavy atom. The molecule has 1 aromatic carbocycles. The quantitative estimate of drug-likeness (QED) is 0.790. The van der Waals surface area contributed by atoms with E-state index in [0.717, 1.165) is 24.8 Å². The number of fused-ring (bicyclic) bond motifs is 1. The van der Waals surface area contributed by atoms with Crippen molar-refractivity contribution in [1.29, 1.82) is 0 Å². The van der Waals surface area contributed by atoms with Crippen LogP contribution in [0.25, 0.3) is 0 Å². The lowest BCUT2D eigenvalue weighted by atomic mass is 9.97. The summed E-state index contributed by atoms with van der Waals surface area (Å²) in [5.74, 6) is 0.107. The Morgan fingerprint density at radius 2 is 2.05 bits per heavy atom. The van der Waals surface area contributed by atoms with Crippen molar-refractivity contribution < 1.29 is 15.0 Å². The number of aryl methyl sites for hydroxylation is 1. The van der Waals surface area contributed by atoms with Crippen molar-refractivity contribution in [3.63, 3.8) is 0 Å². The molecule has 108 valence electrons. The van der Waals surface area contributed by atoms with E-state index in [1.807, 2.05) is 13.0 Å². The van der Waals surface area contributed by atoms with Gasteiger partial charge in [0.1, 0.15) is 11.8 Å². The number of nitrogens with one attached hydrogen (secondary N) is 1. The van der Waals surface area contributed by atoms with E-state index in [4.69, 9.17) is 0 Å². The summed E-state index contributed by atoms with van der Waals surface area (Å²) in [6.07, 6.45) is 2.82. The predicted molar refractivity (Wildman–Crippen MR) is 75.9 cm³/mol. The molecule has 0 bridgehead atoms. The largest absolute Gasteiger partial charge is 0.508 e. The predicted octanol–water partition coefficient (Wildman–Crippen LogP) is 2.70. The average Bonchev–Trinajstić information content (AvgIpc) is 3.15. The van der Waals surface area contributed by atoms with Gasteiger partial charge in [0.25, 0.3) is 0 Å². The minimum Gasteiger partial charge on any atom is -0.508 e. The molecular weight excluding hydrogens is 254 g/mol. The van der Waals surface area contributed by atoms with Crippen molar-refractivity contribution in [2.45, 2.75) is 51.1 Å². The van der Waals surface area contributed by atoms with E-state index in [2.05, 4.69) is 12.2 Å². The molecule has 0 heterocycles. The zero-order chi connectivity index (χ0) is 14.4. The number of hydrogen-bond donors (Lipinski definition) is 3. The van der Waals surface area contributed by atoms with Gasteiger partial charge in [-0.1, -0.05) is 13.0 Å². The number of carbonyl (C=O) groups is 1. The van der Waals surface area contributed by atoms with Crippen molar-refractivity contribution in [2.24, 2.45) is 5.92 Å². The van der Waals surface area contributed by atoms with Crippen molar-refractivity contribution in [2.75, 3.05) is 0 Å². The van der Waals surface area contributed by atoms with Gasteiger partial charge in [0, 0.05) is 11.6 Å². The van der Waals surface area contributed by atoms with Crippen LogP contribution in [-0.2, 0) is 4.79 Å². The standard InChI is InChI=1S/C16H21NO3/c1-8-3-6-12(18)14-11(7-9(2)13(8)14)17-15(16(19)20)10-4-5-10/h3,6,9-11,15,17-18H,4-5,7H2,1-2H3,(H,19,20). The Kier molecular flexibility index (Phi) is 3.21. The van der Waals surface area contributed by atoms with E-state index in [0.29, 0.717) is 5.92 Å². The molecule has 0 aromatic heterocycles. The Bertz CT molecular complexity index is 551. The van der Waals surface area contributed by atoms with Gasteiger partial charge < -0.3 is 10.2 Å². The fourth-order valence-electron chi connectivity index (χ4n) is 3.55. The van der Waals surface area contributed by atoms with E-state index < -0.39 is 12.0 Å². The molecule has 0 saturated heterocycles. The van der Waals surface area contributed by atoms with Gasteiger partial charge in [-0.15, -0.1) is 0 Å². The van der Waals surface area contributed by atoms with Crippen molar-refractivity contribution >= 4 is 5.97 Å². The maximum absolute atomic E-state index is 11.4. The molecule has 3 unspecified atom stereocenters. The monoisotopic (exact) mass is 275 g/mol. The summed E-state index contributed by atoms with van der Waals surface area (Å²) in [5.41, 5.74) is 3.26. The first-order chi connectivity index (χ1) is 9.49. The number of aromatic hydroxyl groups is 1. The van der Waals surface area contributed by atoms with E-state index in [1.165, 1.54) is 11.1 Å². The zero-order valence-corrected chi connectivity index (χ0v) is 11.9. The second-order valence-corrected chi connectivity index (χ2v) is 6.24. The normalized spacial score (nSPS) is 26.3. The lowest BCUT2D eigenvalue weighted by Gasteiger charge is -2.21. The summed E-state index contributed by atoms with van der Waals surface area (Å²) in [6.45, 7) is 4.19. The molecule has 1 aromatic rings. The van der Waals surface area contributed by atoms with Crippen molar-refractivity contribution in [3.05, 3.63) is 28.8 Å². The highest BCUT2D eigenvalue weighted by Gasteiger charge is 2.40. The average molecular weight is 275 g/mol. The number of phenolic OH excluding ortho intramolecular Hbond substituents is 1. The summed E-state index contributed by atoms with van der Waals surface area (Å²) < 4.78 is 0. The lowest BCUT2D eigenvalue weighted by Crippen LogP contribution is -2.40. The van der Waals surface area contributed by atoms with Crippen LogP contribution in [0.5, 0.6) is 5.75 Å². The Hall–Kier alpha value is -1.55. The fourth-order valence-corrected chi connectivity index (χ4v) is 3.55. The minimum absolute atomic E-state index is 0.0541. The second kappa shape index (κ2) is 4.77. The van der Waals surface area contributed by atoms with Gasteiger partial charge >= 0.3 is 5.97 Å². The molecule has 1 saturated carbocycles. The molecule has 0 spiro atoms. The molecule has 0 radical (unpaired) electrons. The highest BCUT2D eigenvalue weighted by atomic mass is 16.4. The van der Waals surface area contributed by atoms with Crippen LogP contribution < -0.4 is 5.32 Å². The smallest absolute Gasteiger partial charge is 0.320 e. The van der Waals surface area contributed by atoms with Gasteiger partial charge in [0.2, 0.25) is 0 Å². The number of phenols is 1. The molecule has 4 heteroatoms. The van der Waals surface area contributed by atoms with Gasteiger partial charge in [-0.05, 0) is 55.2 Å². The minimum atomic E-state index is -0.777. The summed E-state index contributed by atoms with van der Waals surface area (Å²) in [6, 6.07) is 3.11. The van der Waals surface area contributed by atoms with Crippen molar-refractivity contribution in [3.8, 4) is 5.75 Å². The fraction of sp³-hybridized carbons (Fsp3) is 0.562. The van der Waals surface area contributed by atoms with E-state index in [1.54, 1.807) is 6.07 Å². The van der Waals surface area contributed by atoms with Crippen LogP contribution in [0.4, 0.5) is 0 Å². The van der Waals surface area contributed by atoms with E-state index >= 15 is 0 Å². The zero-order valence-electron chi connectivity index (χ0n) is 11.9. The van der Waals surface area contributed by atoms with Gasteiger partial charge in [-0.25, -0.2) is 0 Å². The Morgan fingerprint density at radius 3 is 2.65 bits per heavy atom. The number of carboxylic acid groups (broad SMARTS) is 1. The summed E-state index contributed by atoms with van der Waals surface area (Å²) in [4.78, 5) is 11.4. The van der Waals surface area contributed by atoms with Crippen LogP contribution in [0.3, 0.4) is 0 Å². The van der Waals surface area contributed by atoms with Gasteiger partial charge in [-0.3, -0.25) is 10.1 Å². The van der Waals surface area contributed by atoms with Crippen LogP contribution in [0.15, 0.2) is 12.1 Å². The summed E-state index contributed by atoms with van der Waals surface area (Å²) in [7, 11) is 0. The number of benzene rings is 1. The van der Waals surface area contributed by atoms with Crippen LogP contribution in [0.2, 0.25) is 0 Å². The number of carboxylic acids is 1. The highest BCUT2D eigenvalue weighted by molar-refractivity contribution is 5.74. The third kappa shape index (κ3) is 2.18. The Labute approximate surface area is 118 Å². The molecule has 3 N–H and O–H groups in total. The first-order valence-corrected chi connectivity index (χ1v) is 7.30. The molecule has 0 aliphatic heterocycles. The number of rotatable bonds is 4. The molecule has 2 aliphatic carbocycles. The SMILES string of the molecule is Cc1ccc(O)c2c1C(C)CC2NC(C(=O)O)C1CC1. The number of aliphatic carboxylic acids is 1. The van der Waals surface area contributed by atoms with Gasteiger partial charge in [-0.2, -0.15) is 0 Å². The molecule has 3 atom stereocenters. The maximum atomic E-state index is 11.4. The van der Waals surface area contributed by atoms with Crippen LogP contribution in [-0.4, -0.2) is 22.2 Å². The third-order valence-corrected chi connectivity index (χ3v) is 4.65. The molecule has 1 fully saturated rings. The first-order valence-electron chi connectivity index (χ1n) is 7.30. The highest BCUT2D eigenvalue weighted by Crippen LogP contribution is 2.47. The van der Waals surface area contributed by atoms with Crippen LogP contribution in [0.1, 0.15) is 54.8 Å². The lowest BCUT2D eigenvalue weighted by molar-refractivity contribution is -0.140. The molecular formula is C16H21NO3. The molecule has 2 aliphatic rings. The first kappa shape index (κ1) is 13.4. The topological polar surface area (TPSA) is 69.6 Å². The summed E-state index contributed by atoms with van der Waals surface area (Å²) in [5, 5.41) is 22.8. The van der Waals surface area contributed by atoms with Gasteiger partial charge in [0.15, 0.2) is 0 Å². The second-order valence-electron chi connectivity index (χ2n) is 6.24. The third-order valence-electron chi connectivity index (χ3n) is 4.65. The Balaban J connectivity index is 1.91. The van der Waals surface area contributed by atoms with Crippen molar-refractivity contribution in [1.82, 2.24) is 5.32 Å². The molecule has 3 rings (SSSR count). The maximum Gasteiger partial charge on any atom is 0.320 e. The molecule has 0 amide bonds. The molecule has 20 heavy (non-hydrogen) atoms. The van der Waals surface area contributed by atoms with Crippen LogP contribution >= 0.6 is 0 Å².